The maximum absolute atomic E-state index is 3.39. The van der Waals surface area contributed by atoms with Crippen LogP contribution in [0.3, 0.4) is 0 Å². The number of rotatable bonds is 2. The van der Waals surface area contributed by atoms with Gasteiger partial charge in [-0.2, -0.15) is 0 Å². The highest BCUT2D eigenvalue weighted by atomic mass is 127. The zero-order valence-electron chi connectivity index (χ0n) is 9.91. The molecule has 0 aliphatic carbocycles. The molecule has 2 rings (SSSR count). The lowest BCUT2D eigenvalue weighted by Crippen LogP contribution is -2.46. The predicted octanol–water partition coefficient (Wildman–Crippen LogP) is 2.87. The maximum atomic E-state index is 3.39. The molecule has 0 saturated carbocycles. The van der Waals surface area contributed by atoms with Crippen molar-refractivity contribution >= 4 is 28.3 Å². The molecule has 88 valence electrons. The zero-order chi connectivity index (χ0) is 11.5. The third-order valence-corrected chi connectivity index (χ3v) is 4.10. The van der Waals surface area contributed by atoms with E-state index in [1.165, 1.54) is 22.1 Å². The first-order chi connectivity index (χ1) is 7.70. The number of halogens is 1. The van der Waals surface area contributed by atoms with Crippen molar-refractivity contribution < 1.29 is 0 Å². The van der Waals surface area contributed by atoms with E-state index in [1.807, 2.05) is 0 Å². The molecule has 1 aliphatic heterocycles. The normalized spacial score (nSPS) is 25.8. The van der Waals surface area contributed by atoms with Crippen molar-refractivity contribution in [3.05, 3.63) is 27.8 Å². The molecule has 3 heteroatoms. The summed E-state index contributed by atoms with van der Waals surface area (Å²) < 4.78 is 1.32. The third-order valence-electron chi connectivity index (χ3n) is 3.42. The van der Waals surface area contributed by atoms with Gasteiger partial charge in [-0.3, -0.25) is 0 Å². The first-order valence-electron chi connectivity index (χ1n) is 5.90. The van der Waals surface area contributed by atoms with E-state index >= 15 is 0 Å². The van der Waals surface area contributed by atoms with Crippen LogP contribution in [-0.4, -0.2) is 25.7 Å². The average Bonchev–Trinajstić information content (AvgIpc) is 2.28. The van der Waals surface area contributed by atoms with Gasteiger partial charge in [0.1, 0.15) is 0 Å². The molecular weight excluding hydrogens is 311 g/mol. The van der Waals surface area contributed by atoms with Gasteiger partial charge < -0.3 is 10.2 Å². The minimum atomic E-state index is 0.629. The molecule has 1 aliphatic rings. The van der Waals surface area contributed by atoms with E-state index in [0.29, 0.717) is 12.1 Å². The quantitative estimate of drug-likeness (QED) is 0.839. The summed E-state index contributed by atoms with van der Waals surface area (Å²) in [5.74, 6) is 0. The van der Waals surface area contributed by atoms with Crippen LogP contribution in [0.4, 0.5) is 5.69 Å². The molecule has 2 atom stereocenters. The van der Waals surface area contributed by atoms with E-state index in [9.17, 15) is 0 Å². The largest absolute Gasteiger partial charge is 0.369 e. The van der Waals surface area contributed by atoms with Crippen LogP contribution in [0.2, 0.25) is 0 Å². The molecule has 2 unspecified atom stereocenters. The lowest BCUT2D eigenvalue weighted by Gasteiger charge is -2.39. The number of nitrogens with one attached hydrogen (secondary N) is 1. The summed E-state index contributed by atoms with van der Waals surface area (Å²) in [5.41, 5.74) is 1.37. The van der Waals surface area contributed by atoms with Crippen molar-refractivity contribution in [2.24, 2.45) is 0 Å². The van der Waals surface area contributed by atoms with Gasteiger partial charge in [0.15, 0.2) is 0 Å². The summed E-state index contributed by atoms with van der Waals surface area (Å²) in [4.78, 5) is 2.52. The SMILES string of the molecule is CNC1CCN(c2cccc(I)c2)C(C)C1. The van der Waals surface area contributed by atoms with Gasteiger partial charge in [-0.25, -0.2) is 0 Å². The number of benzene rings is 1. The zero-order valence-corrected chi connectivity index (χ0v) is 12.1. The Kier molecular flexibility index (Phi) is 4.08. The molecule has 1 aromatic carbocycles. The molecular formula is C13H19IN2. The lowest BCUT2D eigenvalue weighted by atomic mass is 9.98. The fourth-order valence-electron chi connectivity index (χ4n) is 2.47. The summed E-state index contributed by atoms with van der Waals surface area (Å²) in [6, 6.07) is 10.1. The van der Waals surface area contributed by atoms with E-state index in [0.717, 1.165) is 6.54 Å². The van der Waals surface area contributed by atoms with Gasteiger partial charge in [-0.15, -0.1) is 0 Å². The summed E-state index contributed by atoms with van der Waals surface area (Å²) >= 11 is 2.38. The fraction of sp³-hybridized carbons (Fsp3) is 0.538. The molecule has 1 fully saturated rings. The summed E-state index contributed by atoms with van der Waals surface area (Å²) in [6.07, 6.45) is 2.48. The second kappa shape index (κ2) is 5.36. The van der Waals surface area contributed by atoms with Gasteiger partial charge in [0.2, 0.25) is 0 Å². The van der Waals surface area contributed by atoms with Crippen molar-refractivity contribution in [2.45, 2.75) is 31.8 Å². The highest BCUT2D eigenvalue weighted by molar-refractivity contribution is 14.1. The summed E-state index contributed by atoms with van der Waals surface area (Å²) in [7, 11) is 2.07. The van der Waals surface area contributed by atoms with Crippen molar-refractivity contribution in [2.75, 3.05) is 18.5 Å². The van der Waals surface area contributed by atoms with Crippen molar-refractivity contribution in [1.82, 2.24) is 5.32 Å². The highest BCUT2D eigenvalue weighted by Crippen LogP contribution is 2.25. The van der Waals surface area contributed by atoms with Crippen LogP contribution in [0.5, 0.6) is 0 Å². The molecule has 0 amide bonds. The first-order valence-corrected chi connectivity index (χ1v) is 6.98. The Bertz CT molecular complexity index is 354. The number of hydrogen-bond donors (Lipinski definition) is 1. The van der Waals surface area contributed by atoms with E-state index in [2.05, 4.69) is 71.0 Å². The molecule has 1 aromatic rings. The molecule has 1 heterocycles. The van der Waals surface area contributed by atoms with Crippen LogP contribution in [0, 0.1) is 3.57 Å². The van der Waals surface area contributed by atoms with Crippen molar-refractivity contribution in [3.63, 3.8) is 0 Å². The predicted molar refractivity (Wildman–Crippen MR) is 78.0 cm³/mol. The number of hydrogen-bond acceptors (Lipinski definition) is 2. The maximum Gasteiger partial charge on any atom is 0.0379 e. The average molecular weight is 330 g/mol. The summed E-state index contributed by atoms with van der Waals surface area (Å²) in [5, 5.41) is 3.39. The van der Waals surface area contributed by atoms with Crippen LogP contribution in [-0.2, 0) is 0 Å². The second-order valence-corrected chi connectivity index (χ2v) is 5.78. The Morgan fingerprint density at radius 1 is 1.44 bits per heavy atom. The topological polar surface area (TPSA) is 15.3 Å². The molecule has 1 N–H and O–H groups in total. The number of nitrogens with zero attached hydrogens (tertiary/aromatic N) is 1. The molecule has 0 aromatic heterocycles. The Labute approximate surface area is 112 Å². The van der Waals surface area contributed by atoms with E-state index in [1.54, 1.807) is 0 Å². The molecule has 0 spiro atoms. The van der Waals surface area contributed by atoms with Crippen LogP contribution in [0.15, 0.2) is 24.3 Å². The van der Waals surface area contributed by atoms with Gasteiger partial charge in [-0.1, -0.05) is 6.07 Å². The molecule has 16 heavy (non-hydrogen) atoms. The van der Waals surface area contributed by atoms with E-state index in [4.69, 9.17) is 0 Å². The van der Waals surface area contributed by atoms with Crippen molar-refractivity contribution in [1.29, 1.82) is 0 Å². The van der Waals surface area contributed by atoms with Crippen LogP contribution in [0.1, 0.15) is 19.8 Å². The Morgan fingerprint density at radius 2 is 2.25 bits per heavy atom. The Morgan fingerprint density at radius 3 is 2.88 bits per heavy atom. The lowest BCUT2D eigenvalue weighted by molar-refractivity contribution is 0.387. The van der Waals surface area contributed by atoms with Gasteiger partial charge in [0.25, 0.3) is 0 Å². The van der Waals surface area contributed by atoms with Crippen LogP contribution in [0.25, 0.3) is 0 Å². The van der Waals surface area contributed by atoms with E-state index in [-0.39, 0.29) is 0 Å². The van der Waals surface area contributed by atoms with Crippen molar-refractivity contribution in [3.8, 4) is 0 Å². The molecule has 0 radical (unpaired) electrons. The Hall–Kier alpha value is -0.290. The second-order valence-electron chi connectivity index (χ2n) is 4.53. The Balaban J connectivity index is 2.11. The van der Waals surface area contributed by atoms with E-state index < -0.39 is 0 Å². The number of piperidine rings is 1. The first kappa shape index (κ1) is 12.2. The van der Waals surface area contributed by atoms with Gasteiger partial charge in [0, 0.05) is 27.9 Å². The minimum Gasteiger partial charge on any atom is -0.369 e. The molecule has 1 saturated heterocycles. The number of anilines is 1. The minimum absolute atomic E-state index is 0.629. The molecule has 2 nitrogen and oxygen atoms in total. The standard InChI is InChI=1S/C13H19IN2/c1-10-8-12(15-2)6-7-16(10)13-5-3-4-11(14)9-13/h3-5,9-10,12,15H,6-8H2,1-2H3. The van der Waals surface area contributed by atoms with Crippen LogP contribution >= 0.6 is 22.6 Å². The molecule has 0 bridgehead atoms. The van der Waals surface area contributed by atoms with Crippen LogP contribution < -0.4 is 10.2 Å². The van der Waals surface area contributed by atoms with Gasteiger partial charge in [-0.05, 0) is 67.6 Å². The van der Waals surface area contributed by atoms with Gasteiger partial charge >= 0.3 is 0 Å². The van der Waals surface area contributed by atoms with Gasteiger partial charge in [0.05, 0.1) is 0 Å². The monoisotopic (exact) mass is 330 g/mol. The third kappa shape index (κ3) is 2.69. The summed E-state index contributed by atoms with van der Waals surface area (Å²) in [6.45, 7) is 3.48. The highest BCUT2D eigenvalue weighted by Gasteiger charge is 2.24. The smallest absolute Gasteiger partial charge is 0.0379 e. The fourth-order valence-corrected chi connectivity index (χ4v) is 3.00.